The van der Waals surface area contributed by atoms with Crippen LogP contribution in [0.15, 0.2) is 14.1 Å². The Morgan fingerprint density at radius 1 is 1.65 bits per heavy atom. The zero-order valence-electron chi connectivity index (χ0n) is 9.53. The molecule has 0 aliphatic carbocycles. The van der Waals surface area contributed by atoms with Crippen LogP contribution in [0.1, 0.15) is 25.3 Å². The molecule has 0 spiro atoms. The zero-order valence-corrected chi connectivity index (χ0v) is 12.7. The van der Waals surface area contributed by atoms with Crippen LogP contribution in [-0.4, -0.2) is 14.5 Å². The molecule has 1 atom stereocenters. The van der Waals surface area contributed by atoms with Gasteiger partial charge < -0.3 is 0 Å². The Bertz CT molecular complexity index is 511. The van der Waals surface area contributed by atoms with E-state index in [4.69, 9.17) is 5.26 Å². The number of nitriles is 1. The Morgan fingerprint density at radius 3 is 2.71 bits per heavy atom. The molecule has 1 N–H and O–H groups in total. The minimum Gasteiger partial charge on any atom is -0.206 e. The lowest BCUT2D eigenvalue weighted by molar-refractivity contribution is 0.565. The number of halogens is 1. The molecule has 0 amide bonds. The Hall–Kier alpha value is -0.420. The third-order valence-corrected chi connectivity index (χ3v) is 6.21. The highest BCUT2D eigenvalue weighted by atomic mass is 79.9. The van der Waals surface area contributed by atoms with Gasteiger partial charge in [-0.25, -0.2) is 8.42 Å². The SMILES string of the molecule is CCCC(C#N)NS(=O)(=O)c1cc(C)c(Br)s1. The zero-order chi connectivity index (χ0) is 13.1. The van der Waals surface area contributed by atoms with Crippen molar-refractivity contribution in [3.63, 3.8) is 0 Å². The van der Waals surface area contributed by atoms with Crippen LogP contribution < -0.4 is 4.72 Å². The van der Waals surface area contributed by atoms with E-state index in [-0.39, 0.29) is 4.21 Å². The molecule has 1 heterocycles. The van der Waals surface area contributed by atoms with Crippen LogP contribution in [-0.2, 0) is 10.0 Å². The van der Waals surface area contributed by atoms with Gasteiger partial charge >= 0.3 is 0 Å². The molecular weight excluding hydrogens is 324 g/mol. The van der Waals surface area contributed by atoms with Crippen LogP contribution in [0.25, 0.3) is 0 Å². The van der Waals surface area contributed by atoms with Crippen molar-refractivity contribution in [2.45, 2.75) is 36.9 Å². The third kappa shape index (κ3) is 3.78. The fourth-order valence-corrected chi connectivity index (χ4v) is 4.67. The van der Waals surface area contributed by atoms with Crippen LogP contribution in [0.4, 0.5) is 0 Å². The highest BCUT2D eigenvalue weighted by molar-refractivity contribution is 9.11. The van der Waals surface area contributed by atoms with Gasteiger partial charge in [0.1, 0.15) is 10.3 Å². The number of hydrogen-bond acceptors (Lipinski definition) is 4. The first-order valence-electron chi connectivity index (χ1n) is 5.08. The van der Waals surface area contributed by atoms with Crippen molar-refractivity contribution in [3.8, 4) is 6.07 Å². The van der Waals surface area contributed by atoms with Crippen molar-refractivity contribution in [2.75, 3.05) is 0 Å². The Kier molecular flexibility index (Phi) is 5.13. The topological polar surface area (TPSA) is 70.0 Å². The van der Waals surface area contributed by atoms with E-state index in [0.29, 0.717) is 6.42 Å². The molecule has 1 unspecified atom stereocenters. The van der Waals surface area contributed by atoms with E-state index in [2.05, 4.69) is 20.7 Å². The second-order valence-corrected chi connectivity index (χ2v) is 7.92. The number of sulfonamides is 1. The molecule has 0 saturated carbocycles. The number of aryl methyl sites for hydroxylation is 1. The van der Waals surface area contributed by atoms with Gasteiger partial charge in [0.25, 0.3) is 10.0 Å². The highest BCUT2D eigenvalue weighted by Crippen LogP contribution is 2.30. The van der Waals surface area contributed by atoms with Crippen LogP contribution in [0.2, 0.25) is 0 Å². The van der Waals surface area contributed by atoms with E-state index >= 15 is 0 Å². The van der Waals surface area contributed by atoms with E-state index in [0.717, 1.165) is 27.1 Å². The summed E-state index contributed by atoms with van der Waals surface area (Å²) in [5.74, 6) is 0. The maximum atomic E-state index is 12.0. The van der Waals surface area contributed by atoms with E-state index in [1.165, 1.54) is 0 Å². The fraction of sp³-hybridized carbons (Fsp3) is 0.500. The minimum absolute atomic E-state index is 0.234. The van der Waals surface area contributed by atoms with Crippen molar-refractivity contribution in [3.05, 3.63) is 15.4 Å². The summed E-state index contributed by atoms with van der Waals surface area (Å²) in [5, 5.41) is 8.84. The van der Waals surface area contributed by atoms with Crippen LogP contribution in [0.3, 0.4) is 0 Å². The van der Waals surface area contributed by atoms with Gasteiger partial charge in [-0.2, -0.15) is 9.98 Å². The summed E-state index contributed by atoms with van der Waals surface area (Å²) in [5.41, 5.74) is 0.874. The van der Waals surface area contributed by atoms with Gasteiger partial charge in [-0.3, -0.25) is 0 Å². The number of rotatable bonds is 5. The van der Waals surface area contributed by atoms with E-state index in [1.807, 2.05) is 19.9 Å². The van der Waals surface area contributed by atoms with Gasteiger partial charge in [-0.1, -0.05) is 13.3 Å². The van der Waals surface area contributed by atoms with Gasteiger partial charge in [0, 0.05) is 0 Å². The molecule has 0 bridgehead atoms. The first-order valence-corrected chi connectivity index (χ1v) is 8.18. The molecule has 7 heteroatoms. The lowest BCUT2D eigenvalue weighted by Crippen LogP contribution is -2.33. The van der Waals surface area contributed by atoms with Gasteiger partial charge in [-0.05, 0) is 40.9 Å². The second kappa shape index (κ2) is 5.96. The molecular formula is C10H13BrN2O2S2. The molecule has 1 aromatic rings. The molecule has 0 saturated heterocycles. The van der Waals surface area contributed by atoms with Crippen molar-refractivity contribution in [2.24, 2.45) is 0 Å². The van der Waals surface area contributed by atoms with Crippen LogP contribution in [0.5, 0.6) is 0 Å². The van der Waals surface area contributed by atoms with Gasteiger partial charge in [0.05, 0.1) is 9.86 Å². The summed E-state index contributed by atoms with van der Waals surface area (Å²) >= 11 is 4.43. The Balaban J connectivity index is 2.93. The number of hydrogen-bond donors (Lipinski definition) is 1. The summed E-state index contributed by atoms with van der Waals surface area (Å²) in [6.45, 7) is 3.73. The molecule has 0 radical (unpaired) electrons. The van der Waals surface area contributed by atoms with E-state index < -0.39 is 16.1 Å². The fourth-order valence-electron chi connectivity index (χ4n) is 1.25. The van der Waals surface area contributed by atoms with Crippen molar-refractivity contribution in [1.82, 2.24) is 4.72 Å². The van der Waals surface area contributed by atoms with Crippen LogP contribution in [0, 0.1) is 18.3 Å². The van der Waals surface area contributed by atoms with E-state index in [1.54, 1.807) is 6.07 Å². The molecule has 0 aliphatic heterocycles. The van der Waals surface area contributed by atoms with Gasteiger partial charge in [0.15, 0.2) is 0 Å². The number of thiophene rings is 1. The first-order chi connectivity index (χ1) is 7.90. The summed E-state index contributed by atoms with van der Waals surface area (Å²) in [7, 11) is -3.58. The van der Waals surface area contributed by atoms with Crippen molar-refractivity contribution < 1.29 is 8.42 Å². The monoisotopic (exact) mass is 336 g/mol. The smallest absolute Gasteiger partial charge is 0.206 e. The standard InChI is InChI=1S/C10H13BrN2O2S2/c1-3-4-8(6-12)13-17(14,15)9-5-7(2)10(11)16-9/h5,8,13H,3-4H2,1-2H3. The molecule has 1 rings (SSSR count). The summed E-state index contributed by atoms with van der Waals surface area (Å²) in [4.78, 5) is 0. The molecule has 0 fully saturated rings. The van der Waals surface area contributed by atoms with Gasteiger partial charge in [-0.15, -0.1) is 11.3 Å². The molecule has 0 aromatic carbocycles. The largest absolute Gasteiger partial charge is 0.251 e. The third-order valence-electron chi connectivity index (χ3n) is 2.13. The summed E-state index contributed by atoms with van der Waals surface area (Å²) in [6, 6.07) is 2.89. The van der Waals surface area contributed by atoms with Crippen molar-refractivity contribution >= 4 is 37.3 Å². The maximum Gasteiger partial charge on any atom is 0.251 e. The lowest BCUT2D eigenvalue weighted by Gasteiger charge is -2.09. The molecule has 94 valence electrons. The normalized spacial score (nSPS) is 13.3. The van der Waals surface area contributed by atoms with Gasteiger partial charge in [0.2, 0.25) is 0 Å². The average molecular weight is 337 g/mol. The summed E-state index contributed by atoms with van der Waals surface area (Å²) in [6.07, 6.45) is 1.27. The summed E-state index contributed by atoms with van der Waals surface area (Å²) < 4.78 is 27.4. The Morgan fingerprint density at radius 2 is 2.29 bits per heavy atom. The Labute approximate surface area is 114 Å². The predicted molar refractivity (Wildman–Crippen MR) is 71.4 cm³/mol. The highest BCUT2D eigenvalue weighted by Gasteiger charge is 2.22. The second-order valence-electron chi connectivity index (χ2n) is 3.61. The quantitative estimate of drug-likeness (QED) is 0.898. The first kappa shape index (κ1) is 14.6. The molecule has 17 heavy (non-hydrogen) atoms. The van der Waals surface area contributed by atoms with E-state index in [9.17, 15) is 8.42 Å². The molecule has 4 nitrogen and oxygen atoms in total. The number of nitrogens with one attached hydrogen (secondary N) is 1. The van der Waals surface area contributed by atoms with Crippen LogP contribution >= 0.6 is 27.3 Å². The number of nitrogens with zero attached hydrogens (tertiary/aromatic N) is 1. The predicted octanol–water partition coefficient (Wildman–Crippen LogP) is 2.79. The molecule has 1 aromatic heterocycles. The lowest BCUT2D eigenvalue weighted by atomic mass is 10.2. The molecule has 0 aliphatic rings. The minimum atomic E-state index is -3.58. The van der Waals surface area contributed by atoms with Crippen molar-refractivity contribution in [1.29, 1.82) is 5.26 Å². The average Bonchev–Trinajstić information content (AvgIpc) is 2.59. The maximum absolute atomic E-state index is 12.0.